The zero-order valence-electron chi connectivity index (χ0n) is 18.2. The number of rotatable bonds is 8. The first kappa shape index (κ1) is 21.7. The number of nitrogens with zero attached hydrogens (tertiary/aromatic N) is 2. The molecule has 0 saturated carbocycles. The van der Waals surface area contributed by atoms with Gasteiger partial charge in [0.25, 0.3) is 0 Å². The molecule has 0 amide bonds. The first-order valence-corrected chi connectivity index (χ1v) is 10.4. The highest BCUT2D eigenvalue weighted by molar-refractivity contribution is 5.76. The second-order valence-corrected chi connectivity index (χ2v) is 7.32. The maximum Gasteiger partial charge on any atom is 0.130 e. The lowest BCUT2D eigenvalue weighted by Gasteiger charge is -2.09. The molecular weight excluding hydrogens is 414 g/mol. The van der Waals surface area contributed by atoms with Crippen molar-refractivity contribution in [3.05, 3.63) is 95.1 Å². The SMILES string of the molecule is COc1cc(OCc2ccccn2)ccc1/C=C/c1cc(/C=C/c2ccc(N)c(N)c2)n[nH]1. The summed E-state index contributed by atoms with van der Waals surface area (Å²) in [4.78, 5) is 4.26. The van der Waals surface area contributed by atoms with Gasteiger partial charge in [-0.25, -0.2) is 0 Å². The zero-order valence-corrected chi connectivity index (χ0v) is 18.2. The van der Waals surface area contributed by atoms with Crippen molar-refractivity contribution < 1.29 is 9.47 Å². The van der Waals surface area contributed by atoms with Crippen LogP contribution >= 0.6 is 0 Å². The summed E-state index contributed by atoms with van der Waals surface area (Å²) < 4.78 is 11.4. The Morgan fingerprint density at radius 2 is 1.82 bits per heavy atom. The zero-order chi connectivity index (χ0) is 23.0. The van der Waals surface area contributed by atoms with Gasteiger partial charge >= 0.3 is 0 Å². The van der Waals surface area contributed by atoms with Crippen molar-refractivity contribution in [3.63, 3.8) is 0 Å². The minimum absolute atomic E-state index is 0.395. The Balaban J connectivity index is 1.41. The molecule has 0 aliphatic heterocycles. The molecule has 5 N–H and O–H groups in total. The Morgan fingerprint density at radius 3 is 2.61 bits per heavy atom. The summed E-state index contributed by atoms with van der Waals surface area (Å²) in [5, 5.41) is 7.33. The lowest BCUT2D eigenvalue weighted by Crippen LogP contribution is -1.98. The highest BCUT2D eigenvalue weighted by Gasteiger charge is 2.04. The maximum absolute atomic E-state index is 5.85. The van der Waals surface area contributed by atoms with Gasteiger partial charge in [0.1, 0.15) is 18.1 Å². The molecule has 33 heavy (non-hydrogen) atoms. The van der Waals surface area contributed by atoms with Gasteiger partial charge in [-0.15, -0.1) is 0 Å². The van der Waals surface area contributed by atoms with E-state index in [2.05, 4.69) is 15.2 Å². The molecule has 0 fully saturated rings. The summed E-state index contributed by atoms with van der Waals surface area (Å²) >= 11 is 0. The van der Waals surface area contributed by atoms with Gasteiger partial charge in [0.05, 0.1) is 35.6 Å². The molecule has 2 aromatic heterocycles. The van der Waals surface area contributed by atoms with Gasteiger partial charge in [0.2, 0.25) is 0 Å². The van der Waals surface area contributed by atoms with Gasteiger partial charge in [0, 0.05) is 17.8 Å². The van der Waals surface area contributed by atoms with Crippen LogP contribution < -0.4 is 20.9 Å². The number of nitrogens with two attached hydrogens (primary N) is 2. The third-order valence-electron chi connectivity index (χ3n) is 4.94. The third-order valence-corrected chi connectivity index (χ3v) is 4.94. The predicted octanol–water partition coefficient (Wildman–Crippen LogP) is 4.90. The van der Waals surface area contributed by atoms with E-state index >= 15 is 0 Å². The smallest absolute Gasteiger partial charge is 0.130 e. The number of nitrogen functional groups attached to an aromatic ring is 2. The summed E-state index contributed by atoms with van der Waals surface area (Å²) in [7, 11) is 1.64. The second-order valence-electron chi connectivity index (χ2n) is 7.32. The Hall–Kier alpha value is -4.52. The molecule has 2 heterocycles. The minimum atomic E-state index is 0.395. The molecule has 0 aliphatic carbocycles. The molecule has 0 unspecified atom stereocenters. The number of hydrogen-bond acceptors (Lipinski definition) is 6. The van der Waals surface area contributed by atoms with E-state index in [1.54, 1.807) is 19.4 Å². The van der Waals surface area contributed by atoms with Crippen LogP contribution in [0.5, 0.6) is 11.5 Å². The van der Waals surface area contributed by atoms with Gasteiger partial charge in [-0.1, -0.05) is 18.2 Å². The van der Waals surface area contributed by atoms with E-state index in [1.165, 1.54) is 0 Å². The summed E-state index contributed by atoms with van der Waals surface area (Å²) in [6, 6.07) is 18.9. The van der Waals surface area contributed by atoms with Gasteiger partial charge in [-0.2, -0.15) is 5.10 Å². The van der Waals surface area contributed by atoms with Crippen molar-refractivity contribution in [1.29, 1.82) is 0 Å². The van der Waals surface area contributed by atoms with E-state index in [9.17, 15) is 0 Å². The van der Waals surface area contributed by atoms with Gasteiger partial charge in [0.15, 0.2) is 0 Å². The van der Waals surface area contributed by atoms with Gasteiger partial charge in [-0.05, 0) is 66.3 Å². The van der Waals surface area contributed by atoms with Crippen LogP contribution in [0.2, 0.25) is 0 Å². The van der Waals surface area contributed by atoms with Crippen molar-refractivity contribution in [2.45, 2.75) is 6.61 Å². The largest absolute Gasteiger partial charge is 0.496 e. The number of ether oxygens (including phenoxy) is 2. The number of benzene rings is 2. The summed E-state index contributed by atoms with van der Waals surface area (Å²) in [5.74, 6) is 1.43. The van der Waals surface area contributed by atoms with E-state index in [1.807, 2.05) is 78.9 Å². The molecular formula is C26H25N5O2. The number of H-pyrrole nitrogens is 1. The fraction of sp³-hybridized carbons (Fsp3) is 0.0769. The van der Waals surface area contributed by atoms with E-state index in [4.69, 9.17) is 20.9 Å². The van der Waals surface area contributed by atoms with Crippen LogP contribution in [0.4, 0.5) is 11.4 Å². The number of methoxy groups -OCH3 is 1. The summed E-state index contributed by atoms with van der Waals surface area (Å²) in [6.07, 6.45) is 9.50. The summed E-state index contributed by atoms with van der Waals surface area (Å²) in [5.41, 5.74) is 17.2. The molecule has 7 heteroatoms. The van der Waals surface area contributed by atoms with Crippen molar-refractivity contribution in [3.8, 4) is 11.5 Å². The molecule has 2 aromatic carbocycles. The number of hydrogen-bond donors (Lipinski definition) is 3. The average Bonchev–Trinajstić information content (AvgIpc) is 3.31. The van der Waals surface area contributed by atoms with E-state index in [0.29, 0.717) is 29.5 Å². The lowest BCUT2D eigenvalue weighted by atomic mass is 10.1. The molecule has 166 valence electrons. The highest BCUT2D eigenvalue weighted by Crippen LogP contribution is 2.27. The van der Waals surface area contributed by atoms with Crippen LogP contribution in [0.25, 0.3) is 24.3 Å². The normalized spacial score (nSPS) is 11.3. The van der Waals surface area contributed by atoms with Crippen molar-refractivity contribution in [2.24, 2.45) is 0 Å². The number of anilines is 2. The molecule has 0 spiro atoms. The molecule has 0 aliphatic rings. The molecule has 0 bridgehead atoms. The third kappa shape index (κ3) is 5.80. The quantitative estimate of drug-likeness (QED) is 0.337. The molecule has 0 saturated heterocycles. The first-order valence-electron chi connectivity index (χ1n) is 10.4. The summed E-state index contributed by atoms with van der Waals surface area (Å²) in [6.45, 7) is 0.395. The van der Waals surface area contributed by atoms with Crippen molar-refractivity contribution in [2.75, 3.05) is 18.6 Å². The van der Waals surface area contributed by atoms with Crippen LogP contribution in [-0.4, -0.2) is 22.3 Å². The standard InChI is InChI=1S/C26H25N5O2/c1-32-26-16-23(33-17-22-4-2-3-13-29-22)11-8-19(26)7-10-21-15-20(30-31-21)9-5-18-6-12-24(27)25(28)14-18/h2-16H,17,27-28H2,1H3,(H,30,31)/b9-5+,10-7+. The van der Waals surface area contributed by atoms with Crippen molar-refractivity contribution in [1.82, 2.24) is 15.2 Å². The van der Waals surface area contributed by atoms with Gasteiger partial charge < -0.3 is 20.9 Å². The fourth-order valence-corrected chi connectivity index (χ4v) is 3.14. The first-order chi connectivity index (χ1) is 16.1. The number of aromatic amines is 1. The van der Waals surface area contributed by atoms with Crippen LogP contribution in [-0.2, 0) is 6.61 Å². The van der Waals surface area contributed by atoms with Crippen LogP contribution in [0.15, 0.2) is 66.9 Å². The Morgan fingerprint density at radius 1 is 0.909 bits per heavy atom. The number of nitrogens with one attached hydrogen (secondary N) is 1. The van der Waals surface area contributed by atoms with Gasteiger partial charge in [-0.3, -0.25) is 10.1 Å². The van der Waals surface area contributed by atoms with E-state index in [0.717, 1.165) is 28.2 Å². The topological polar surface area (TPSA) is 112 Å². The van der Waals surface area contributed by atoms with E-state index in [-0.39, 0.29) is 0 Å². The molecule has 4 aromatic rings. The number of aromatic nitrogens is 3. The van der Waals surface area contributed by atoms with Crippen LogP contribution in [0.1, 0.15) is 28.2 Å². The van der Waals surface area contributed by atoms with Crippen LogP contribution in [0.3, 0.4) is 0 Å². The molecule has 7 nitrogen and oxygen atoms in total. The Labute approximate surface area is 192 Å². The molecule has 0 radical (unpaired) electrons. The average molecular weight is 440 g/mol. The van der Waals surface area contributed by atoms with E-state index < -0.39 is 0 Å². The maximum atomic E-state index is 5.85. The molecule has 0 atom stereocenters. The lowest BCUT2D eigenvalue weighted by molar-refractivity contribution is 0.299. The Bertz CT molecular complexity index is 1280. The molecule has 4 rings (SSSR count). The number of pyridine rings is 1. The predicted molar refractivity (Wildman–Crippen MR) is 133 cm³/mol. The minimum Gasteiger partial charge on any atom is -0.496 e. The monoisotopic (exact) mass is 439 g/mol. The van der Waals surface area contributed by atoms with Crippen LogP contribution in [0, 0.1) is 0 Å². The fourth-order valence-electron chi connectivity index (χ4n) is 3.14. The van der Waals surface area contributed by atoms with Crippen molar-refractivity contribution >= 4 is 35.7 Å². The second kappa shape index (κ2) is 10.2. The Kier molecular flexibility index (Phi) is 6.70. The highest BCUT2D eigenvalue weighted by atomic mass is 16.5.